The van der Waals surface area contributed by atoms with Gasteiger partial charge in [0.15, 0.2) is 0 Å². The molecule has 4 atom stereocenters. The van der Waals surface area contributed by atoms with E-state index in [0.29, 0.717) is 12.1 Å². The summed E-state index contributed by atoms with van der Waals surface area (Å²) < 4.78 is 27.6. The second-order valence-electron chi connectivity index (χ2n) is 6.59. The number of piperidine rings is 1. The lowest BCUT2D eigenvalue weighted by atomic mass is 9.95. The lowest BCUT2D eigenvalue weighted by molar-refractivity contribution is 0.102. The Kier molecular flexibility index (Phi) is 4.76. The van der Waals surface area contributed by atoms with Crippen molar-refractivity contribution in [2.24, 2.45) is 0 Å². The van der Waals surface area contributed by atoms with Gasteiger partial charge in [0.1, 0.15) is 11.6 Å². The van der Waals surface area contributed by atoms with Crippen LogP contribution in [0, 0.1) is 11.6 Å². The SMILES string of the molecule is C[C@H](N[C@H]1CCN2CCC[C@@H]2C1)[C@@H](O)c1c(F)cccc1F. The highest BCUT2D eigenvalue weighted by Crippen LogP contribution is 2.29. The minimum Gasteiger partial charge on any atom is -0.387 e. The van der Waals surface area contributed by atoms with Crippen LogP contribution in [-0.4, -0.2) is 41.2 Å². The van der Waals surface area contributed by atoms with Gasteiger partial charge in [0, 0.05) is 18.1 Å². The molecule has 0 amide bonds. The van der Waals surface area contributed by atoms with Crippen molar-refractivity contribution >= 4 is 0 Å². The molecule has 2 N–H and O–H groups in total. The van der Waals surface area contributed by atoms with Crippen LogP contribution in [-0.2, 0) is 0 Å². The van der Waals surface area contributed by atoms with E-state index in [-0.39, 0.29) is 11.6 Å². The largest absolute Gasteiger partial charge is 0.387 e. The molecule has 1 aromatic carbocycles. The topological polar surface area (TPSA) is 35.5 Å². The smallest absolute Gasteiger partial charge is 0.132 e. The van der Waals surface area contributed by atoms with E-state index in [0.717, 1.165) is 19.4 Å². The Labute approximate surface area is 130 Å². The molecule has 5 heteroatoms. The fourth-order valence-corrected chi connectivity index (χ4v) is 3.88. The van der Waals surface area contributed by atoms with Gasteiger partial charge in [-0.15, -0.1) is 0 Å². The molecule has 0 saturated carbocycles. The third kappa shape index (κ3) is 3.16. The van der Waals surface area contributed by atoms with E-state index >= 15 is 0 Å². The summed E-state index contributed by atoms with van der Waals surface area (Å²) in [4.78, 5) is 2.52. The molecule has 2 heterocycles. The van der Waals surface area contributed by atoms with Gasteiger partial charge in [0.2, 0.25) is 0 Å². The number of nitrogens with zero attached hydrogens (tertiary/aromatic N) is 1. The molecule has 22 heavy (non-hydrogen) atoms. The second-order valence-corrected chi connectivity index (χ2v) is 6.59. The molecule has 0 aromatic heterocycles. The Balaban J connectivity index is 1.63. The first-order chi connectivity index (χ1) is 10.6. The van der Waals surface area contributed by atoms with Crippen LogP contribution in [0.3, 0.4) is 0 Å². The van der Waals surface area contributed by atoms with Gasteiger partial charge in [-0.1, -0.05) is 6.07 Å². The Morgan fingerprint density at radius 2 is 1.95 bits per heavy atom. The van der Waals surface area contributed by atoms with E-state index in [1.165, 1.54) is 37.6 Å². The Morgan fingerprint density at radius 1 is 1.23 bits per heavy atom. The lowest BCUT2D eigenvalue weighted by Gasteiger charge is -2.37. The summed E-state index contributed by atoms with van der Waals surface area (Å²) in [5.41, 5.74) is -0.235. The van der Waals surface area contributed by atoms with Crippen LogP contribution in [0.1, 0.15) is 44.3 Å². The number of hydrogen-bond donors (Lipinski definition) is 2. The van der Waals surface area contributed by atoms with Crippen molar-refractivity contribution in [1.82, 2.24) is 10.2 Å². The van der Waals surface area contributed by atoms with Crippen molar-refractivity contribution in [3.8, 4) is 0 Å². The van der Waals surface area contributed by atoms with Crippen molar-refractivity contribution in [2.75, 3.05) is 13.1 Å². The lowest BCUT2D eigenvalue weighted by Crippen LogP contribution is -2.49. The molecule has 3 rings (SSSR count). The first-order valence-corrected chi connectivity index (χ1v) is 8.18. The maximum atomic E-state index is 13.8. The van der Waals surface area contributed by atoms with Gasteiger partial charge in [-0.05, 0) is 57.8 Å². The van der Waals surface area contributed by atoms with Crippen molar-refractivity contribution in [2.45, 2.75) is 56.8 Å². The number of halogens is 2. The van der Waals surface area contributed by atoms with Gasteiger partial charge in [0.05, 0.1) is 11.7 Å². The molecule has 2 aliphatic heterocycles. The van der Waals surface area contributed by atoms with E-state index in [1.54, 1.807) is 6.92 Å². The third-order valence-electron chi connectivity index (χ3n) is 5.09. The molecule has 0 unspecified atom stereocenters. The van der Waals surface area contributed by atoms with Gasteiger partial charge in [-0.25, -0.2) is 8.78 Å². The maximum Gasteiger partial charge on any atom is 0.132 e. The zero-order valence-corrected chi connectivity index (χ0v) is 12.9. The summed E-state index contributed by atoms with van der Waals surface area (Å²) in [7, 11) is 0. The Bertz CT molecular complexity index is 505. The van der Waals surface area contributed by atoms with Gasteiger partial charge in [-0.2, -0.15) is 0 Å². The van der Waals surface area contributed by atoms with Crippen LogP contribution < -0.4 is 5.32 Å². The standard InChI is InChI=1S/C17H24F2N2O/c1-11(17(22)16-14(18)5-2-6-15(16)19)20-12-7-9-21-8-3-4-13(21)10-12/h2,5-6,11-13,17,20,22H,3-4,7-10H2,1H3/t11-,12-,13+,17+/m0/s1. The van der Waals surface area contributed by atoms with Crippen molar-refractivity contribution in [1.29, 1.82) is 0 Å². The molecule has 2 fully saturated rings. The van der Waals surface area contributed by atoms with Crippen LogP contribution in [0.4, 0.5) is 8.78 Å². The summed E-state index contributed by atoms with van der Waals surface area (Å²) in [6, 6.07) is 4.23. The van der Waals surface area contributed by atoms with Crippen molar-refractivity contribution < 1.29 is 13.9 Å². The zero-order valence-electron chi connectivity index (χ0n) is 12.9. The highest BCUT2D eigenvalue weighted by atomic mass is 19.1. The monoisotopic (exact) mass is 310 g/mol. The number of hydrogen-bond acceptors (Lipinski definition) is 3. The molecule has 0 radical (unpaired) electrons. The quantitative estimate of drug-likeness (QED) is 0.897. The van der Waals surface area contributed by atoms with Gasteiger partial charge in [-0.3, -0.25) is 0 Å². The Morgan fingerprint density at radius 3 is 2.68 bits per heavy atom. The number of rotatable bonds is 4. The average molecular weight is 310 g/mol. The predicted octanol–water partition coefficient (Wildman–Crippen LogP) is 2.60. The maximum absolute atomic E-state index is 13.8. The number of fused-ring (bicyclic) bond motifs is 1. The van der Waals surface area contributed by atoms with Crippen molar-refractivity contribution in [3.05, 3.63) is 35.4 Å². The minimum absolute atomic E-state index is 0.235. The number of nitrogens with one attached hydrogen (secondary N) is 1. The molecule has 0 bridgehead atoms. The highest BCUT2D eigenvalue weighted by molar-refractivity contribution is 5.23. The van der Waals surface area contributed by atoms with E-state index in [9.17, 15) is 13.9 Å². The van der Waals surface area contributed by atoms with E-state index in [2.05, 4.69) is 10.2 Å². The van der Waals surface area contributed by atoms with E-state index < -0.39 is 17.7 Å². The van der Waals surface area contributed by atoms with Crippen LogP contribution in [0.15, 0.2) is 18.2 Å². The molecular weight excluding hydrogens is 286 g/mol. The second kappa shape index (κ2) is 6.60. The number of benzene rings is 1. The van der Waals surface area contributed by atoms with Gasteiger partial charge < -0.3 is 15.3 Å². The molecule has 0 spiro atoms. The van der Waals surface area contributed by atoms with E-state index in [4.69, 9.17) is 0 Å². The van der Waals surface area contributed by atoms with Gasteiger partial charge >= 0.3 is 0 Å². The van der Waals surface area contributed by atoms with Crippen LogP contribution in [0.25, 0.3) is 0 Å². The van der Waals surface area contributed by atoms with Gasteiger partial charge in [0.25, 0.3) is 0 Å². The molecule has 2 saturated heterocycles. The zero-order chi connectivity index (χ0) is 15.7. The van der Waals surface area contributed by atoms with Crippen LogP contribution >= 0.6 is 0 Å². The molecule has 1 aromatic rings. The highest BCUT2D eigenvalue weighted by Gasteiger charge is 2.33. The Hall–Kier alpha value is -1.04. The van der Waals surface area contributed by atoms with Crippen LogP contribution in [0.2, 0.25) is 0 Å². The fraction of sp³-hybridized carbons (Fsp3) is 0.647. The average Bonchev–Trinajstić information content (AvgIpc) is 2.94. The summed E-state index contributed by atoms with van der Waals surface area (Å²) >= 11 is 0. The van der Waals surface area contributed by atoms with Crippen molar-refractivity contribution in [3.63, 3.8) is 0 Å². The molecule has 0 aliphatic carbocycles. The third-order valence-corrected chi connectivity index (χ3v) is 5.09. The summed E-state index contributed by atoms with van der Waals surface area (Å²) in [6.07, 6.45) is 3.39. The summed E-state index contributed by atoms with van der Waals surface area (Å²) in [6.45, 7) is 4.05. The van der Waals surface area contributed by atoms with E-state index in [1.807, 2.05) is 0 Å². The molecule has 3 nitrogen and oxygen atoms in total. The molecule has 122 valence electrons. The minimum atomic E-state index is -1.18. The first-order valence-electron chi connectivity index (χ1n) is 8.18. The summed E-state index contributed by atoms with van der Waals surface area (Å²) in [5, 5.41) is 13.7. The first kappa shape index (κ1) is 15.8. The summed E-state index contributed by atoms with van der Waals surface area (Å²) in [5.74, 6) is -1.38. The normalized spacial score (nSPS) is 28.4. The van der Waals surface area contributed by atoms with Crippen LogP contribution in [0.5, 0.6) is 0 Å². The number of aliphatic hydroxyl groups is 1. The molecular formula is C17H24F2N2O. The molecule has 2 aliphatic rings. The number of aliphatic hydroxyl groups excluding tert-OH is 1. The predicted molar refractivity (Wildman–Crippen MR) is 81.5 cm³/mol. The fourth-order valence-electron chi connectivity index (χ4n) is 3.88.